The Hall–Kier alpha value is -3.82. The van der Waals surface area contributed by atoms with Gasteiger partial charge in [0.25, 0.3) is 0 Å². The summed E-state index contributed by atoms with van der Waals surface area (Å²) in [6.45, 7) is 2.61. The molecule has 0 spiro atoms. The van der Waals surface area contributed by atoms with Crippen molar-refractivity contribution in [2.45, 2.75) is 19.5 Å². The maximum atomic E-state index is 9.19. The lowest BCUT2D eigenvalue weighted by Crippen LogP contribution is -2.31. The smallest absolute Gasteiger partial charge is 0.159 e. The van der Waals surface area contributed by atoms with E-state index >= 15 is 0 Å². The van der Waals surface area contributed by atoms with Gasteiger partial charge in [-0.15, -0.1) is 0 Å². The topological polar surface area (TPSA) is 70.6 Å². The molecular formula is C24H20N6. The highest BCUT2D eigenvalue weighted by Gasteiger charge is 2.20. The fourth-order valence-electron chi connectivity index (χ4n) is 3.90. The molecule has 4 aromatic rings. The summed E-state index contributed by atoms with van der Waals surface area (Å²) in [5.41, 5.74) is 6.18. The number of hydrogen-bond donors (Lipinski definition) is 0. The van der Waals surface area contributed by atoms with E-state index in [9.17, 15) is 5.26 Å². The summed E-state index contributed by atoms with van der Waals surface area (Å²) in [7, 11) is 0. The molecule has 0 N–H and O–H groups in total. The first-order valence-electron chi connectivity index (χ1n) is 9.94. The van der Waals surface area contributed by atoms with Crippen LogP contribution in [-0.4, -0.2) is 31.0 Å². The molecule has 146 valence electrons. The Morgan fingerprint density at radius 2 is 1.97 bits per heavy atom. The average Bonchev–Trinajstić information content (AvgIpc) is 3.27. The highest BCUT2D eigenvalue weighted by molar-refractivity contribution is 5.54. The maximum Gasteiger partial charge on any atom is 0.159 e. The Morgan fingerprint density at radius 3 is 2.83 bits per heavy atom. The Balaban J connectivity index is 1.34. The van der Waals surface area contributed by atoms with Gasteiger partial charge in [-0.1, -0.05) is 6.07 Å². The summed E-state index contributed by atoms with van der Waals surface area (Å²) in [4.78, 5) is 15.9. The molecule has 1 aromatic carbocycles. The molecule has 0 saturated heterocycles. The number of aromatic nitrogens is 4. The fourth-order valence-corrected chi connectivity index (χ4v) is 3.90. The molecule has 0 bridgehead atoms. The first kappa shape index (κ1) is 18.2. The zero-order valence-corrected chi connectivity index (χ0v) is 16.4. The van der Waals surface area contributed by atoms with Crippen LogP contribution in [0.3, 0.4) is 0 Å². The van der Waals surface area contributed by atoms with E-state index in [1.54, 1.807) is 12.4 Å². The summed E-state index contributed by atoms with van der Waals surface area (Å²) < 4.78 is 2.15. The molecular weight excluding hydrogens is 372 g/mol. The van der Waals surface area contributed by atoms with Crippen LogP contribution in [0.2, 0.25) is 0 Å². The lowest BCUT2D eigenvalue weighted by molar-refractivity contribution is 0.239. The maximum absolute atomic E-state index is 9.19. The Bertz CT molecular complexity index is 1220. The normalized spacial score (nSPS) is 13.6. The molecule has 6 nitrogen and oxygen atoms in total. The van der Waals surface area contributed by atoms with Crippen LogP contribution in [0.15, 0.2) is 73.3 Å². The van der Waals surface area contributed by atoms with E-state index in [1.165, 1.54) is 11.3 Å². The van der Waals surface area contributed by atoms with E-state index in [2.05, 4.69) is 37.6 Å². The molecule has 1 aliphatic rings. The third kappa shape index (κ3) is 3.59. The zero-order chi connectivity index (χ0) is 20.3. The summed E-state index contributed by atoms with van der Waals surface area (Å²) in [6, 6.07) is 18.0. The van der Waals surface area contributed by atoms with Crippen molar-refractivity contribution in [1.29, 1.82) is 5.26 Å². The number of nitriles is 1. The van der Waals surface area contributed by atoms with E-state index in [1.807, 2.05) is 48.8 Å². The van der Waals surface area contributed by atoms with Crippen LogP contribution in [0, 0.1) is 11.3 Å². The largest absolute Gasteiger partial charge is 0.320 e. The quantitative estimate of drug-likeness (QED) is 0.529. The lowest BCUT2D eigenvalue weighted by Gasteiger charge is -2.28. The highest BCUT2D eigenvalue weighted by atomic mass is 15.2. The first-order valence-corrected chi connectivity index (χ1v) is 9.94. The van der Waals surface area contributed by atoms with Gasteiger partial charge in [0, 0.05) is 73.4 Å². The summed E-state index contributed by atoms with van der Waals surface area (Å²) in [5.74, 6) is 0.760. The molecule has 0 atom stereocenters. The van der Waals surface area contributed by atoms with Crippen molar-refractivity contribution in [3.63, 3.8) is 0 Å². The second-order valence-electron chi connectivity index (χ2n) is 7.39. The second-order valence-corrected chi connectivity index (χ2v) is 7.39. The van der Waals surface area contributed by atoms with Crippen LogP contribution < -0.4 is 0 Å². The second kappa shape index (κ2) is 7.90. The van der Waals surface area contributed by atoms with Gasteiger partial charge in [0.05, 0.1) is 17.3 Å². The molecule has 0 fully saturated rings. The van der Waals surface area contributed by atoms with Gasteiger partial charge in [-0.05, 0) is 42.5 Å². The third-order valence-corrected chi connectivity index (χ3v) is 5.42. The standard InChI is InChI=1S/C24H20N6/c25-14-18-3-1-4-21(13-18)30-11-2-5-22(30)17-29-12-8-23-20(16-29)15-27-24(28-23)19-6-9-26-10-7-19/h1-7,9-11,13,15H,8,12,16-17H2. The van der Waals surface area contributed by atoms with Gasteiger partial charge in [-0.2, -0.15) is 5.26 Å². The molecule has 0 radical (unpaired) electrons. The molecule has 4 heterocycles. The predicted molar refractivity (Wildman–Crippen MR) is 114 cm³/mol. The van der Waals surface area contributed by atoms with Crippen molar-refractivity contribution in [3.05, 3.63) is 95.8 Å². The van der Waals surface area contributed by atoms with Crippen molar-refractivity contribution < 1.29 is 0 Å². The zero-order valence-electron chi connectivity index (χ0n) is 16.4. The van der Waals surface area contributed by atoms with Crippen LogP contribution >= 0.6 is 0 Å². The van der Waals surface area contributed by atoms with Gasteiger partial charge < -0.3 is 4.57 Å². The lowest BCUT2D eigenvalue weighted by atomic mass is 10.1. The number of benzene rings is 1. The van der Waals surface area contributed by atoms with E-state index in [4.69, 9.17) is 4.98 Å². The SMILES string of the molecule is N#Cc1cccc(-n2cccc2CN2CCc3nc(-c4ccncc4)ncc3C2)c1. The van der Waals surface area contributed by atoms with Crippen molar-refractivity contribution in [1.82, 2.24) is 24.4 Å². The van der Waals surface area contributed by atoms with Crippen LogP contribution in [0.1, 0.15) is 22.5 Å². The monoisotopic (exact) mass is 392 g/mol. The Morgan fingerprint density at radius 1 is 1.07 bits per heavy atom. The Kier molecular flexibility index (Phi) is 4.80. The molecule has 30 heavy (non-hydrogen) atoms. The fraction of sp³-hybridized carbons (Fsp3) is 0.167. The van der Waals surface area contributed by atoms with Crippen molar-refractivity contribution in [2.24, 2.45) is 0 Å². The highest BCUT2D eigenvalue weighted by Crippen LogP contribution is 2.23. The average molecular weight is 392 g/mol. The van der Waals surface area contributed by atoms with E-state index < -0.39 is 0 Å². The minimum Gasteiger partial charge on any atom is -0.320 e. The van der Waals surface area contributed by atoms with Gasteiger partial charge in [0.15, 0.2) is 5.82 Å². The number of hydrogen-bond acceptors (Lipinski definition) is 5. The number of fused-ring (bicyclic) bond motifs is 1. The number of rotatable bonds is 4. The third-order valence-electron chi connectivity index (χ3n) is 5.42. The molecule has 6 heteroatoms. The first-order chi connectivity index (χ1) is 14.8. The molecule has 5 rings (SSSR count). The predicted octanol–water partition coefficient (Wildman–Crippen LogP) is 3.76. The van der Waals surface area contributed by atoms with Crippen molar-refractivity contribution >= 4 is 0 Å². The number of nitrogens with zero attached hydrogens (tertiary/aromatic N) is 6. The van der Waals surface area contributed by atoms with Gasteiger partial charge >= 0.3 is 0 Å². The van der Waals surface area contributed by atoms with Crippen LogP contribution in [0.25, 0.3) is 17.1 Å². The van der Waals surface area contributed by atoms with Gasteiger partial charge in [0.2, 0.25) is 0 Å². The summed E-state index contributed by atoms with van der Waals surface area (Å²) >= 11 is 0. The summed E-state index contributed by atoms with van der Waals surface area (Å²) in [6.07, 6.45) is 8.44. The molecule has 0 saturated carbocycles. The summed E-state index contributed by atoms with van der Waals surface area (Å²) in [5, 5.41) is 9.19. The van der Waals surface area contributed by atoms with Crippen LogP contribution in [-0.2, 0) is 19.5 Å². The minimum atomic E-state index is 0.668. The van der Waals surface area contributed by atoms with Crippen LogP contribution in [0.4, 0.5) is 0 Å². The Labute approximate surface area is 175 Å². The molecule has 0 unspecified atom stereocenters. The molecule has 0 aliphatic carbocycles. The minimum absolute atomic E-state index is 0.668. The molecule has 3 aromatic heterocycles. The van der Waals surface area contributed by atoms with E-state index in [-0.39, 0.29) is 0 Å². The van der Waals surface area contributed by atoms with E-state index in [0.717, 1.165) is 48.8 Å². The van der Waals surface area contributed by atoms with Crippen molar-refractivity contribution in [2.75, 3.05) is 6.54 Å². The number of pyridine rings is 1. The van der Waals surface area contributed by atoms with Gasteiger partial charge in [0.1, 0.15) is 0 Å². The van der Waals surface area contributed by atoms with Crippen LogP contribution in [0.5, 0.6) is 0 Å². The molecule has 1 aliphatic heterocycles. The van der Waals surface area contributed by atoms with Gasteiger partial charge in [-0.3, -0.25) is 9.88 Å². The van der Waals surface area contributed by atoms with Gasteiger partial charge in [-0.25, -0.2) is 9.97 Å². The molecule has 0 amide bonds. The van der Waals surface area contributed by atoms with Crippen molar-refractivity contribution in [3.8, 4) is 23.1 Å². The van der Waals surface area contributed by atoms with E-state index in [0.29, 0.717) is 5.56 Å².